The number of aromatic nitrogens is 4. The number of H-pyrrole nitrogens is 1. The molecular formula is C13H12N4O3. The van der Waals surface area contributed by atoms with Crippen LogP contribution >= 0.6 is 0 Å². The molecule has 0 aliphatic rings. The van der Waals surface area contributed by atoms with Gasteiger partial charge in [-0.1, -0.05) is 6.07 Å². The Morgan fingerprint density at radius 1 is 1.45 bits per heavy atom. The lowest BCUT2D eigenvalue weighted by Crippen LogP contribution is -2.17. The molecule has 20 heavy (non-hydrogen) atoms. The zero-order chi connectivity index (χ0) is 14.3. The Labute approximate surface area is 113 Å². The molecule has 7 heteroatoms. The maximum Gasteiger partial charge on any atom is 0.337 e. The fourth-order valence-electron chi connectivity index (χ4n) is 2.25. The van der Waals surface area contributed by atoms with Gasteiger partial charge in [0.05, 0.1) is 29.3 Å². The van der Waals surface area contributed by atoms with E-state index in [-0.39, 0.29) is 11.3 Å². The lowest BCUT2D eigenvalue weighted by molar-refractivity contribution is 0.0699. The Morgan fingerprint density at radius 2 is 2.25 bits per heavy atom. The summed E-state index contributed by atoms with van der Waals surface area (Å²) in [4.78, 5) is 25.8. The summed E-state index contributed by atoms with van der Waals surface area (Å²) in [6.45, 7) is 0.343. The Balaban J connectivity index is 2.16. The number of rotatable bonds is 3. The van der Waals surface area contributed by atoms with Crippen molar-refractivity contribution in [3.8, 4) is 0 Å². The molecule has 102 valence electrons. The summed E-state index contributed by atoms with van der Waals surface area (Å²) in [6, 6.07) is 4.81. The van der Waals surface area contributed by atoms with E-state index < -0.39 is 5.97 Å². The van der Waals surface area contributed by atoms with Crippen LogP contribution in [0.2, 0.25) is 0 Å². The first-order chi connectivity index (χ1) is 9.56. The van der Waals surface area contributed by atoms with E-state index in [9.17, 15) is 9.59 Å². The van der Waals surface area contributed by atoms with E-state index in [1.807, 2.05) is 6.20 Å². The van der Waals surface area contributed by atoms with Gasteiger partial charge in [-0.25, -0.2) is 9.59 Å². The van der Waals surface area contributed by atoms with Crippen LogP contribution in [0.15, 0.2) is 35.4 Å². The molecule has 2 heterocycles. The number of carboxylic acids is 1. The predicted octanol–water partition coefficient (Wildman–Crippen LogP) is 0.810. The summed E-state index contributed by atoms with van der Waals surface area (Å²) >= 11 is 0. The van der Waals surface area contributed by atoms with Gasteiger partial charge < -0.3 is 10.1 Å². The first-order valence-corrected chi connectivity index (χ1v) is 5.98. The van der Waals surface area contributed by atoms with E-state index in [0.717, 1.165) is 5.56 Å². The molecular weight excluding hydrogens is 260 g/mol. The molecule has 0 saturated carbocycles. The highest BCUT2D eigenvalue weighted by molar-refractivity contribution is 6.00. The van der Waals surface area contributed by atoms with Gasteiger partial charge in [-0.3, -0.25) is 9.25 Å². The zero-order valence-corrected chi connectivity index (χ0v) is 10.7. The van der Waals surface area contributed by atoms with Gasteiger partial charge in [0, 0.05) is 18.8 Å². The molecule has 1 aromatic carbocycles. The first-order valence-electron chi connectivity index (χ1n) is 5.98. The largest absolute Gasteiger partial charge is 0.478 e. The summed E-state index contributed by atoms with van der Waals surface area (Å²) < 4.78 is 3.15. The number of aromatic amines is 1. The Morgan fingerprint density at radius 3 is 2.90 bits per heavy atom. The number of nitrogens with zero attached hydrogens (tertiary/aromatic N) is 3. The number of carbonyl (C=O) groups is 1. The number of nitrogens with one attached hydrogen (secondary N) is 1. The molecule has 0 bridgehead atoms. The fourth-order valence-corrected chi connectivity index (χ4v) is 2.25. The third kappa shape index (κ3) is 1.89. The van der Waals surface area contributed by atoms with Gasteiger partial charge in [0.1, 0.15) is 0 Å². The van der Waals surface area contributed by atoms with Crippen LogP contribution in [0, 0.1) is 0 Å². The molecule has 2 aromatic heterocycles. The van der Waals surface area contributed by atoms with Crippen LogP contribution in [0.3, 0.4) is 0 Å². The predicted molar refractivity (Wildman–Crippen MR) is 71.8 cm³/mol. The van der Waals surface area contributed by atoms with E-state index in [4.69, 9.17) is 5.11 Å². The average molecular weight is 272 g/mol. The van der Waals surface area contributed by atoms with Gasteiger partial charge in [-0.15, -0.1) is 0 Å². The van der Waals surface area contributed by atoms with Crippen LogP contribution in [-0.4, -0.2) is 30.4 Å². The van der Waals surface area contributed by atoms with Crippen molar-refractivity contribution >= 4 is 17.0 Å². The lowest BCUT2D eigenvalue weighted by Gasteiger charge is -2.01. The maximum atomic E-state index is 12.0. The van der Waals surface area contributed by atoms with Crippen molar-refractivity contribution in [2.24, 2.45) is 7.05 Å². The highest BCUT2D eigenvalue weighted by atomic mass is 16.4. The minimum absolute atomic E-state index is 0.0875. The van der Waals surface area contributed by atoms with Crippen LogP contribution in [-0.2, 0) is 13.6 Å². The molecule has 0 spiro atoms. The summed E-state index contributed by atoms with van der Waals surface area (Å²) in [5.74, 6) is -1.06. The normalized spacial score (nSPS) is 11.1. The number of hydrogen-bond donors (Lipinski definition) is 2. The van der Waals surface area contributed by atoms with Crippen LogP contribution < -0.4 is 5.69 Å². The summed E-state index contributed by atoms with van der Waals surface area (Å²) in [7, 11) is 1.80. The maximum absolute atomic E-state index is 12.0. The number of imidazole rings is 1. The Kier molecular flexibility index (Phi) is 2.67. The van der Waals surface area contributed by atoms with Crippen molar-refractivity contribution in [3.63, 3.8) is 0 Å². The number of fused-ring (bicyclic) bond motifs is 1. The molecule has 0 saturated heterocycles. The summed E-state index contributed by atoms with van der Waals surface area (Å²) in [5, 5.41) is 13.2. The molecule has 2 N–H and O–H groups in total. The van der Waals surface area contributed by atoms with E-state index in [2.05, 4.69) is 10.1 Å². The molecule has 0 amide bonds. The molecule has 0 aliphatic carbocycles. The SMILES string of the molecule is Cn1cc(Cn2c(=O)[nH]c3c(C(=O)O)cccc32)cn1. The molecule has 0 atom stereocenters. The van der Waals surface area contributed by atoms with Crippen molar-refractivity contribution in [1.82, 2.24) is 19.3 Å². The molecule has 0 fully saturated rings. The van der Waals surface area contributed by atoms with Crippen molar-refractivity contribution < 1.29 is 9.90 Å². The van der Waals surface area contributed by atoms with Crippen molar-refractivity contribution in [1.29, 1.82) is 0 Å². The summed E-state index contributed by atoms with van der Waals surface area (Å²) in [5.41, 5.74) is 1.53. The van der Waals surface area contributed by atoms with Gasteiger partial charge in [-0.2, -0.15) is 5.10 Å². The minimum Gasteiger partial charge on any atom is -0.478 e. The Bertz CT molecular complexity index is 856. The van der Waals surface area contributed by atoms with E-state index in [1.165, 1.54) is 10.6 Å². The first kappa shape index (κ1) is 12.2. The second-order valence-electron chi connectivity index (χ2n) is 4.54. The number of aromatic carboxylic acids is 1. The van der Waals surface area contributed by atoms with Gasteiger partial charge >= 0.3 is 11.7 Å². The van der Waals surface area contributed by atoms with Gasteiger partial charge in [0.2, 0.25) is 0 Å². The van der Waals surface area contributed by atoms with Crippen LogP contribution in [0.1, 0.15) is 15.9 Å². The van der Waals surface area contributed by atoms with Crippen LogP contribution in [0.4, 0.5) is 0 Å². The molecule has 0 aliphatic heterocycles. The second-order valence-corrected chi connectivity index (χ2v) is 4.54. The molecule has 0 radical (unpaired) electrons. The highest BCUT2D eigenvalue weighted by Crippen LogP contribution is 2.16. The topological polar surface area (TPSA) is 92.9 Å². The molecule has 7 nitrogen and oxygen atoms in total. The number of carboxylic acid groups (broad SMARTS) is 1. The zero-order valence-electron chi connectivity index (χ0n) is 10.7. The second kappa shape index (κ2) is 4.37. The molecule has 3 aromatic rings. The van der Waals surface area contributed by atoms with Crippen LogP contribution in [0.25, 0.3) is 11.0 Å². The van der Waals surface area contributed by atoms with Crippen molar-refractivity contribution in [2.75, 3.05) is 0 Å². The van der Waals surface area contributed by atoms with Crippen molar-refractivity contribution in [2.45, 2.75) is 6.54 Å². The monoisotopic (exact) mass is 272 g/mol. The van der Waals surface area contributed by atoms with E-state index >= 15 is 0 Å². The Hall–Kier alpha value is -2.83. The van der Waals surface area contributed by atoms with Gasteiger partial charge in [0.15, 0.2) is 0 Å². The molecule has 3 rings (SSSR count). The van der Waals surface area contributed by atoms with E-state index in [0.29, 0.717) is 17.6 Å². The number of para-hydroxylation sites is 1. The van der Waals surface area contributed by atoms with Gasteiger partial charge in [-0.05, 0) is 12.1 Å². The number of hydrogen-bond acceptors (Lipinski definition) is 3. The lowest BCUT2D eigenvalue weighted by atomic mass is 10.2. The van der Waals surface area contributed by atoms with Gasteiger partial charge in [0.25, 0.3) is 0 Å². The fraction of sp³-hybridized carbons (Fsp3) is 0.154. The smallest absolute Gasteiger partial charge is 0.337 e. The quantitative estimate of drug-likeness (QED) is 0.738. The molecule has 0 unspecified atom stereocenters. The standard InChI is InChI=1S/C13H12N4O3/c1-16-6-8(5-14-16)7-17-10-4-2-3-9(12(18)19)11(10)15-13(17)20/h2-6H,7H2,1H3,(H,15,20)(H,18,19). The third-order valence-electron chi connectivity index (χ3n) is 3.14. The summed E-state index contributed by atoms with van der Waals surface area (Å²) in [6.07, 6.45) is 3.48. The van der Waals surface area contributed by atoms with E-state index in [1.54, 1.807) is 30.1 Å². The highest BCUT2D eigenvalue weighted by Gasteiger charge is 2.14. The number of benzene rings is 1. The number of aryl methyl sites for hydroxylation is 1. The third-order valence-corrected chi connectivity index (χ3v) is 3.14. The average Bonchev–Trinajstić information content (AvgIpc) is 2.94. The van der Waals surface area contributed by atoms with Crippen molar-refractivity contribution in [3.05, 3.63) is 52.2 Å². The minimum atomic E-state index is -1.06. The van der Waals surface area contributed by atoms with Crippen LogP contribution in [0.5, 0.6) is 0 Å².